The zero-order chi connectivity index (χ0) is 12.5. The van der Waals surface area contributed by atoms with Gasteiger partial charge in [-0.3, -0.25) is 4.40 Å². The zero-order valence-corrected chi connectivity index (χ0v) is 9.74. The van der Waals surface area contributed by atoms with Gasteiger partial charge in [0.25, 0.3) is 0 Å². The first-order chi connectivity index (χ1) is 8.74. The van der Waals surface area contributed by atoms with Crippen LogP contribution in [0.15, 0.2) is 42.6 Å². The van der Waals surface area contributed by atoms with Crippen LogP contribution in [0.1, 0.15) is 11.1 Å². The van der Waals surface area contributed by atoms with Crippen molar-refractivity contribution in [3.63, 3.8) is 0 Å². The molecule has 0 saturated heterocycles. The van der Waals surface area contributed by atoms with Crippen molar-refractivity contribution in [1.29, 1.82) is 0 Å². The van der Waals surface area contributed by atoms with Crippen LogP contribution in [0.5, 0.6) is 0 Å². The SMILES string of the molecule is Nc1cc(Cc2ccccc2)c2nnc(N)n2c1. The highest BCUT2D eigenvalue weighted by atomic mass is 15.3. The highest BCUT2D eigenvalue weighted by Gasteiger charge is 2.09. The fourth-order valence-corrected chi connectivity index (χ4v) is 2.05. The van der Waals surface area contributed by atoms with Crippen LogP contribution in [0.25, 0.3) is 5.65 Å². The largest absolute Gasteiger partial charge is 0.398 e. The predicted molar refractivity (Wildman–Crippen MR) is 71.1 cm³/mol. The molecule has 0 aliphatic rings. The summed E-state index contributed by atoms with van der Waals surface area (Å²) in [7, 11) is 0. The fourth-order valence-electron chi connectivity index (χ4n) is 2.05. The molecular formula is C13H13N5. The molecule has 0 radical (unpaired) electrons. The van der Waals surface area contributed by atoms with E-state index in [2.05, 4.69) is 22.3 Å². The van der Waals surface area contributed by atoms with Crippen molar-refractivity contribution in [2.24, 2.45) is 0 Å². The number of aromatic nitrogens is 3. The summed E-state index contributed by atoms with van der Waals surface area (Å²) in [6.07, 6.45) is 2.49. The minimum Gasteiger partial charge on any atom is -0.398 e. The third-order valence-electron chi connectivity index (χ3n) is 2.87. The Bertz CT molecular complexity index is 687. The number of rotatable bonds is 2. The van der Waals surface area contributed by atoms with Crippen LogP contribution in [-0.4, -0.2) is 14.6 Å². The van der Waals surface area contributed by atoms with Gasteiger partial charge in [0.15, 0.2) is 5.65 Å². The van der Waals surface area contributed by atoms with Crippen LogP contribution < -0.4 is 11.5 Å². The molecule has 90 valence electrons. The van der Waals surface area contributed by atoms with Crippen molar-refractivity contribution >= 4 is 17.3 Å². The van der Waals surface area contributed by atoms with E-state index in [1.807, 2.05) is 24.3 Å². The number of pyridine rings is 1. The summed E-state index contributed by atoms with van der Waals surface area (Å²) in [4.78, 5) is 0. The van der Waals surface area contributed by atoms with Gasteiger partial charge >= 0.3 is 0 Å². The van der Waals surface area contributed by atoms with E-state index in [0.29, 0.717) is 11.6 Å². The van der Waals surface area contributed by atoms with Gasteiger partial charge in [0.2, 0.25) is 5.95 Å². The summed E-state index contributed by atoms with van der Waals surface area (Å²) in [6, 6.07) is 12.1. The lowest BCUT2D eigenvalue weighted by molar-refractivity contribution is 1.11. The number of nitrogen functional groups attached to an aromatic ring is 2. The van der Waals surface area contributed by atoms with Crippen LogP contribution in [-0.2, 0) is 6.42 Å². The van der Waals surface area contributed by atoms with Crippen LogP contribution in [0.2, 0.25) is 0 Å². The third-order valence-corrected chi connectivity index (χ3v) is 2.87. The van der Waals surface area contributed by atoms with Gasteiger partial charge < -0.3 is 11.5 Å². The summed E-state index contributed by atoms with van der Waals surface area (Å²) in [5, 5.41) is 7.96. The van der Waals surface area contributed by atoms with Crippen molar-refractivity contribution in [1.82, 2.24) is 14.6 Å². The molecule has 2 aromatic heterocycles. The normalized spacial score (nSPS) is 10.9. The lowest BCUT2D eigenvalue weighted by atomic mass is 10.1. The van der Waals surface area contributed by atoms with Crippen molar-refractivity contribution in [2.45, 2.75) is 6.42 Å². The van der Waals surface area contributed by atoms with Gasteiger partial charge in [0, 0.05) is 23.9 Å². The molecular weight excluding hydrogens is 226 g/mol. The number of nitrogens with zero attached hydrogens (tertiary/aromatic N) is 3. The van der Waals surface area contributed by atoms with E-state index in [1.54, 1.807) is 10.6 Å². The minimum absolute atomic E-state index is 0.353. The number of hydrogen-bond acceptors (Lipinski definition) is 4. The third kappa shape index (κ3) is 1.75. The Morgan fingerprint density at radius 2 is 1.83 bits per heavy atom. The summed E-state index contributed by atoms with van der Waals surface area (Å²) in [5.41, 5.74) is 15.2. The van der Waals surface area contributed by atoms with Gasteiger partial charge in [-0.1, -0.05) is 30.3 Å². The average molecular weight is 239 g/mol. The molecule has 0 fully saturated rings. The average Bonchev–Trinajstić information content (AvgIpc) is 2.73. The number of benzene rings is 1. The first-order valence-corrected chi connectivity index (χ1v) is 5.66. The van der Waals surface area contributed by atoms with Gasteiger partial charge in [-0.05, 0) is 11.6 Å². The standard InChI is InChI=1S/C13H13N5/c14-11-7-10(6-9-4-2-1-3-5-9)12-16-17-13(15)18(12)8-11/h1-5,7-8H,6,14H2,(H2,15,17). The molecule has 2 heterocycles. The van der Waals surface area contributed by atoms with E-state index < -0.39 is 0 Å². The van der Waals surface area contributed by atoms with Crippen LogP contribution in [0, 0.1) is 0 Å². The second-order valence-electron chi connectivity index (χ2n) is 4.21. The molecule has 4 N–H and O–H groups in total. The Hall–Kier alpha value is -2.56. The highest BCUT2D eigenvalue weighted by Crippen LogP contribution is 2.19. The smallest absolute Gasteiger partial charge is 0.226 e. The molecule has 0 unspecified atom stereocenters. The van der Waals surface area contributed by atoms with Crippen LogP contribution in [0.3, 0.4) is 0 Å². The Morgan fingerprint density at radius 3 is 2.61 bits per heavy atom. The zero-order valence-electron chi connectivity index (χ0n) is 9.74. The maximum absolute atomic E-state index is 5.87. The van der Waals surface area contributed by atoms with Crippen LogP contribution >= 0.6 is 0 Å². The molecule has 3 aromatic rings. The predicted octanol–water partition coefficient (Wildman–Crippen LogP) is 1.48. The lowest BCUT2D eigenvalue weighted by Gasteiger charge is -2.05. The highest BCUT2D eigenvalue weighted by molar-refractivity contribution is 5.58. The quantitative estimate of drug-likeness (QED) is 0.709. The van der Waals surface area contributed by atoms with E-state index >= 15 is 0 Å². The Kier molecular flexibility index (Phi) is 2.37. The lowest BCUT2D eigenvalue weighted by Crippen LogP contribution is -2.00. The molecule has 0 spiro atoms. The van der Waals surface area contributed by atoms with Gasteiger partial charge in [-0.15, -0.1) is 10.2 Å². The number of nitrogens with two attached hydrogens (primary N) is 2. The first-order valence-electron chi connectivity index (χ1n) is 5.66. The Labute approximate surface area is 104 Å². The molecule has 3 rings (SSSR count). The van der Waals surface area contributed by atoms with Crippen molar-refractivity contribution in [3.8, 4) is 0 Å². The molecule has 0 bridgehead atoms. The molecule has 5 nitrogen and oxygen atoms in total. The maximum atomic E-state index is 5.87. The molecule has 5 heteroatoms. The van der Waals surface area contributed by atoms with E-state index in [1.165, 1.54) is 5.56 Å². The van der Waals surface area contributed by atoms with Crippen molar-refractivity contribution < 1.29 is 0 Å². The van der Waals surface area contributed by atoms with Crippen LogP contribution in [0.4, 0.5) is 11.6 Å². The molecule has 0 atom stereocenters. The van der Waals surface area contributed by atoms with Crippen molar-refractivity contribution in [3.05, 3.63) is 53.7 Å². The minimum atomic E-state index is 0.353. The van der Waals surface area contributed by atoms with E-state index in [-0.39, 0.29) is 0 Å². The van der Waals surface area contributed by atoms with Gasteiger partial charge in [-0.25, -0.2) is 0 Å². The van der Waals surface area contributed by atoms with Crippen molar-refractivity contribution in [2.75, 3.05) is 11.5 Å². The second-order valence-corrected chi connectivity index (χ2v) is 4.21. The molecule has 0 aliphatic carbocycles. The summed E-state index contributed by atoms with van der Waals surface area (Å²) in [6.45, 7) is 0. The molecule has 18 heavy (non-hydrogen) atoms. The molecule has 1 aromatic carbocycles. The van der Waals surface area contributed by atoms with Gasteiger partial charge in [0.05, 0.1) is 0 Å². The summed E-state index contributed by atoms with van der Waals surface area (Å²) < 4.78 is 1.72. The summed E-state index contributed by atoms with van der Waals surface area (Å²) in [5.74, 6) is 0.353. The van der Waals surface area contributed by atoms with Gasteiger partial charge in [-0.2, -0.15) is 0 Å². The van der Waals surface area contributed by atoms with Gasteiger partial charge in [0.1, 0.15) is 0 Å². The maximum Gasteiger partial charge on any atom is 0.226 e. The summed E-state index contributed by atoms with van der Waals surface area (Å²) >= 11 is 0. The first kappa shape index (κ1) is 10.6. The number of fused-ring (bicyclic) bond motifs is 1. The fraction of sp³-hybridized carbons (Fsp3) is 0.0769. The molecule has 0 aliphatic heterocycles. The second kappa shape index (κ2) is 4.03. The van der Waals surface area contributed by atoms with E-state index in [9.17, 15) is 0 Å². The van der Waals surface area contributed by atoms with E-state index in [4.69, 9.17) is 11.5 Å². The molecule has 0 amide bonds. The van der Waals surface area contributed by atoms with E-state index in [0.717, 1.165) is 17.6 Å². The Balaban J connectivity index is 2.11. The monoisotopic (exact) mass is 239 g/mol. The molecule has 0 saturated carbocycles. The number of hydrogen-bond donors (Lipinski definition) is 2. The Morgan fingerprint density at radius 1 is 1.06 bits per heavy atom. The topological polar surface area (TPSA) is 82.2 Å². The number of anilines is 2.